The lowest BCUT2D eigenvalue weighted by atomic mass is 9.98. The molecular formula is C16H23NO. The molecular weight excluding hydrogens is 222 g/mol. The van der Waals surface area contributed by atoms with Crippen LogP contribution in [0.1, 0.15) is 31.2 Å². The summed E-state index contributed by atoms with van der Waals surface area (Å²) < 4.78 is 0. The van der Waals surface area contributed by atoms with Gasteiger partial charge in [-0.3, -0.25) is 0 Å². The Labute approximate surface area is 110 Å². The third-order valence-corrected chi connectivity index (χ3v) is 3.57. The number of aliphatic hydroxyl groups excluding tert-OH is 1. The first-order chi connectivity index (χ1) is 8.86. The van der Waals surface area contributed by atoms with Crippen molar-refractivity contribution in [2.45, 2.75) is 44.2 Å². The minimum absolute atomic E-state index is 0.203. The smallest absolute Gasteiger partial charge is 0.0696 e. The molecule has 0 bridgehead atoms. The monoisotopic (exact) mass is 245 g/mol. The summed E-state index contributed by atoms with van der Waals surface area (Å²) in [6.07, 6.45) is 9.22. The Kier molecular flexibility index (Phi) is 5.43. The van der Waals surface area contributed by atoms with Gasteiger partial charge in [0, 0.05) is 6.04 Å². The zero-order valence-corrected chi connectivity index (χ0v) is 10.9. The van der Waals surface area contributed by atoms with Crippen LogP contribution in [0.2, 0.25) is 0 Å². The van der Waals surface area contributed by atoms with E-state index < -0.39 is 0 Å². The molecule has 2 rings (SSSR count). The minimum atomic E-state index is -0.203. The predicted molar refractivity (Wildman–Crippen MR) is 75.6 cm³/mol. The molecule has 2 nitrogen and oxygen atoms in total. The zero-order chi connectivity index (χ0) is 12.6. The Bertz CT molecular complexity index is 361. The van der Waals surface area contributed by atoms with Crippen LogP contribution in [-0.4, -0.2) is 23.8 Å². The molecule has 1 aromatic rings. The molecule has 0 saturated carbocycles. The van der Waals surface area contributed by atoms with Crippen molar-refractivity contribution < 1.29 is 5.11 Å². The van der Waals surface area contributed by atoms with E-state index >= 15 is 0 Å². The van der Waals surface area contributed by atoms with Gasteiger partial charge in [-0.1, -0.05) is 42.5 Å². The van der Waals surface area contributed by atoms with E-state index in [0.29, 0.717) is 0 Å². The molecule has 1 unspecified atom stereocenters. The standard InChI is InChI=1S/C16H23NO/c18-16-11-7-2-1-6-10-15(16)17-13-12-14-8-4-3-5-9-14/h1-5,8-9,15-18H,6-7,10-13H2/t15-,16?/m0/s1. The van der Waals surface area contributed by atoms with Gasteiger partial charge < -0.3 is 10.4 Å². The largest absolute Gasteiger partial charge is 0.391 e. The lowest BCUT2D eigenvalue weighted by Crippen LogP contribution is -2.41. The highest BCUT2D eigenvalue weighted by Gasteiger charge is 2.18. The Hall–Kier alpha value is -1.12. The van der Waals surface area contributed by atoms with E-state index in [1.807, 2.05) is 6.07 Å². The second-order valence-electron chi connectivity index (χ2n) is 4.99. The number of hydrogen-bond donors (Lipinski definition) is 2. The highest BCUT2D eigenvalue weighted by atomic mass is 16.3. The van der Waals surface area contributed by atoms with Crippen molar-refractivity contribution >= 4 is 0 Å². The molecule has 2 N–H and O–H groups in total. The Morgan fingerprint density at radius 3 is 2.56 bits per heavy atom. The van der Waals surface area contributed by atoms with Crippen LogP contribution in [0.4, 0.5) is 0 Å². The molecule has 98 valence electrons. The van der Waals surface area contributed by atoms with Crippen LogP contribution >= 0.6 is 0 Å². The van der Waals surface area contributed by atoms with Gasteiger partial charge in [0.15, 0.2) is 0 Å². The molecule has 0 aromatic heterocycles. The van der Waals surface area contributed by atoms with Gasteiger partial charge in [0.05, 0.1) is 6.10 Å². The maximum absolute atomic E-state index is 10.1. The maximum Gasteiger partial charge on any atom is 0.0696 e. The molecule has 0 saturated heterocycles. The topological polar surface area (TPSA) is 32.3 Å². The normalized spacial score (nSPS) is 24.5. The fraction of sp³-hybridized carbons (Fsp3) is 0.500. The first-order valence-electron chi connectivity index (χ1n) is 6.96. The van der Waals surface area contributed by atoms with Gasteiger partial charge in [0.25, 0.3) is 0 Å². The van der Waals surface area contributed by atoms with Crippen LogP contribution in [0, 0.1) is 0 Å². The van der Waals surface area contributed by atoms with Crippen molar-refractivity contribution in [3.05, 3.63) is 48.0 Å². The van der Waals surface area contributed by atoms with E-state index in [2.05, 4.69) is 41.7 Å². The van der Waals surface area contributed by atoms with Crippen molar-refractivity contribution in [1.29, 1.82) is 0 Å². The first-order valence-corrected chi connectivity index (χ1v) is 6.96. The average molecular weight is 245 g/mol. The van der Waals surface area contributed by atoms with E-state index in [-0.39, 0.29) is 12.1 Å². The van der Waals surface area contributed by atoms with Gasteiger partial charge in [-0.2, -0.15) is 0 Å². The fourth-order valence-electron chi connectivity index (χ4n) is 2.46. The van der Waals surface area contributed by atoms with E-state index in [0.717, 1.165) is 38.6 Å². The van der Waals surface area contributed by atoms with Crippen molar-refractivity contribution in [1.82, 2.24) is 5.32 Å². The third-order valence-electron chi connectivity index (χ3n) is 3.57. The zero-order valence-electron chi connectivity index (χ0n) is 10.9. The van der Waals surface area contributed by atoms with Gasteiger partial charge in [-0.25, -0.2) is 0 Å². The molecule has 0 amide bonds. The van der Waals surface area contributed by atoms with Gasteiger partial charge in [-0.15, -0.1) is 0 Å². The molecule has 2 atom stereocenters. The molecule has 18 heavy (non-hydrogen) atoms. The summed E-state index contributed by atoms with van der Waals surface area (Å²) in [7, 11) is 0. The first kappa shape index (κ1) is 13.3. The number of nitrogens with one attached hydrogen (secondary N) is 1. The van der Waals surface area contributed by atoms with Gasteiger partial charge >= 0.3 is 0 Å². The molecule has 2 heteroatoms. The highest BCUT2D eigenvalue weighted by molar-refractivity contribution is 5.14. The van der Waals surface area contributed by atoms with Crippen LogP contribution in [0.5, 0.6) is 0 Å². The summed E-state index contributed by atoms with van der Waals surface area (Å²) in [5.41, 5.74) is 1.35. The Morgan fingerprint density at radius 1 is 1.06 bits per heavy atom. The fourth-order valence-corrected chi connectivity index (χ4v) is 2.46. The number of rotatable bonds is 4. The molecule has 0 heterocycles. The van der Waals surface area contributed by atoms with Crippen molar-refractivity contribution in [3.63, 3.8) is 0 Å². The summed E-state index contributed by atoms with van der Waals surface area (Å²) in [6, 6.07) is 10.7. The van der Waals surface area contributed by atoms with Crippen molar-refractivity contribution in [2.75, 3.05) is 6.54 Å². The molecule has 1 aromatic carbocycles. The summed E-state index contributed by atoms with van der Waals surface area (Å²) in [5, 5.41) is 13.6. The Morgan fingerprint density at radius 2 is 1.78 bits per heavy atom. The molecule has 0 radical (unpaired) electrons. The van der Waals surface area contributed by atoms with Gasteiger partial charge in [0.2, 0.25) is 0 Å². The lowest BCUT2D eigenvalue weighted by molar-refractivity contribution is 0.114. The molecule has 0 fully saturated rings. The number of allylic oxidation sites excluding steroid dienone is 2. The summed E-state index contributed by atoms with van der Waals surface area (Å²) in [6.45, 7) is 0.940. The second kappa shape index (κ2) is 7.34. The minimum Gasteiger partial charge on any atom is -0.391 e. The van der Waals surface area contributed by atoms with E-state index in [9.17, 15) is 5.11 Å². The maximum atomic E-state index is 10.1. The van der Waals surface area contributed by atoms with Crippen molar-refractivity contribution in [2.24, 2.45) is 0 Å². The quantitative estimate of drug-likeness (QED) is 0.799. The van der Waals surface area contributed by atoms with Crippen LogP contribution in [0.3, 0.4) is 0 Å². The Balaban J connectivity index is 1.76. The molecule has 1 aliphatic rings. The van der Waals surface area contributed by atoms with Crippen LogP contribution in [0.15, 0.2) is 42.5 Å². The van der Waals surface area contributed by atoms with E-state index in [1.165, 1.54) is 5.56 Å². The number of hydrogen-bond acceptors (Lipinski definition) is 2. The lowest BCUT2D eigenvalue weighted by Gasteiger charge is -2.25. The van der Waals surface area contributed by atoms with Crippen molar-refractivity contribution in [3.8, 4) is 0 Å². The molecule has 1 aliphatic carbocycles. The highest BCUT2D eigenvalue weighted by Crippen LogP contribution is 2.13. The summed E-state index contributed by atoms with van der Waals surface area (Å²) >= 11 is 0. The average Bonchev–Trinajstić information content (AvgIpc) is 2.39. The van der Waals surface area contributed by atoms with E-state index in [1.54, 1.807) is 0 Å². The predicted octanol–water partition coefficient (Wildman–Crippen LogP) is 2.68. The van der Waals surface area contributed by atoms with Crippen LogP contribution < -0.4 is 5.32 Å². The van der Waals surface area contributed by atoms with E-state index in [4.69, 9.17) is 0 Å². The molecule has 0 aliphatic heterocycles. The summed E-state index contributed by atoms with van der Waals surface area (Å²) in [4.78, 5) is 0. The number of aliphatic hydroxyl groups is 1. The van der Waals surface area contributed by atoms with Gasteiger partial charge in [0.1, 0.15) is 0 Å². The van der Waals surface area contributed by atoms with Crippen LogP contribution in [0.25, 0.3) is 0 Å². The number of benzene rings is 1. The second-order valence-corrected chi connectivity index (χ2v) is 4.99. The van der Waals surface area contributed by atoms with Crippen LogP contribution in [-0.2, 0) is 6.42 Å². The van der Waals surface area contributed by atoms with Gasteiger partial charge in [-0.05, 0) is 44.2 Å². The SMILES string of the molecule is OC1CCC=CCC[C@@H]1NCCc1ccccc1. The summed E-state index contributed by atoms with van der Waals surface area (Å²) in [5.74, 6) is 0. The molecule has 0 spiro atoms. The third kappa shape index (κ3) is 4.28.